The number of hydrogen-bond donors (Lipinski definition) is 2. The fourth-order valence-electron chi connectivity index (χ4n) is 1.86. The molecule has 0 fully saturated rings. The van der Waals surface area contributed by atoms with Crippen LogP contribution < -0.4 is 10.1 Å². The largest absolute Gasteiger partial charge is 0.507 e. The summed E-state index contributed by atoms with van der Waals surface area (Å²) in [5.41, 5.74) is 0.465. The van der Waals surface area contributed by atoms with Gasteiger partial charge in [0.2, 0.25) is 0 Å². The number of methoxy groups -OCH3 is 1. The Hall–Kier alpha value is -2.27. The first kappa shape index (κ1) is 15.1. The average Bonchev–Trinajstić information content (AvgIpc) is 2.47. The SMILES string of the molecule is COc1cccc(Cl)c1CNC(=O)c1cc(F)ccc1O. The van der Waals surface area contributed by atoms with Gasteiger partial charge in [-0.25, -0.2) is 4.39 Å². The van der Waals surface area contributed by atoms with Crippen molar-refractivity contribution >= 4 is 17.5 Å². The van der Waals surface area contributed by atoms with Crippen LogP contribution in [0.1, 0.15) is 15.9 Å². The number of aromatic hydroxyl groups is 1. The number of carbonyl (C=O) groups is 1. The molecule has 0 bridgehead atoms. The van der Waals surface area contributed by atoms with E-state index in [0.717, 1.165) is 18.2 Å². The van der Waals surface area contributed by atoms with Gasteiger partial charge in [0.1, 0.15) is 17.3 Å². The van der Waals surface area contributed by atoms with Crippen LogP contribution in [-0.2, 0) is 6.54 Å². The summed E-state index contributed by atoms with van der Waals surface area (Å²) in [5, 5.41) is 12.6. The van der Waals surface area contributed by atoms with E-state index in [2.05, 4.69) is 5.32 Å². The van der Waals surface area contributed by atoms with Crippen LogP contribution in [0.25, 0.3) is 0 Å². The van der Waals surface area contributed by atoms with Crippen LogP contribution in [0.15, 0.2) is 36.4 Å². The van der Waals surface area contributed by atoms with Crippen molar-refractivity contribution in [3.8, 4) is 11.5 Å². The number of ether oxygens (including phenoxy) is 1. The van der Waals surface area contributed by atoms with Crippen LogP contribution in [-0.4, -0.2) is 18.1 Å². The van der Waals surface area contributed by atoms with Gasteiger partial charge >= 0.3 is 0 Å². The molecular formula is C15H13ClFNO3. The van der Waals surface area contributed by atoms with Gasteiger partial charge < -0.3 is 15.2 Å². The summed E-state index contributed by atoms with van der Waals surface area (Å²) >= 11 is 6.05. The minimum Gasteiger partial charge on any atom is -0.507 e. The molecule has 0 spiro atoms. The van der Waals surface area contributed by atoms with Crippen LogP contribution in [0.4, 0.5) is 4.39 Å². The molecule has 0 radical (unpaired) electrons. The minimum absolute atomic E-state index is 0.0949. The van der Waals surface area contributed by atoms with Crippen molar-refractivity contribution in [2.45, 2.75) is 6.54 Å². The van der Waals surface area contributed by atoms with E-state index in [4.69, 9.17) is 16.3 Å². The highest BCUT2D eigenvalue weighted by atomic mass is 35.5. The number of carbonyl (C=O) groups excluding carboxylic acids is 1. The van der Waals surface area contributed by atoms with Crippen LogP contribution in [0.3, 0.4) is 0 Å². The van der Waals surface area contributed by atoms with Crippen LogP contribution in [0.2, 0.25) is 5.02 Å². The fraction of sp³-hybridized carbons (Fsp3) is 0.133. The summed E-state index contributed by atoms with van der Waals surface area (Å²) in [6, 6.07) is 8.28. The highest BCUT2D eigenvalue weighted by molar-refractivity contribution is 6.31. The number of rotatable bonds is 4. The van der Waals surface area contributed by atoms with Gasteiger partial charge in [0, 0.05) is 17.1 Å². The molecule has 21 heavy (non-hydrogen) atoms. The zero-order valence-electron chi connectivity index (χ0n) is 11.2. The summed E-state index contributed by atoms with van der Waals surface area (Å²) in [6.07, 6.45) is 0. The zero-order valence-corrected chi connectivity index (χ0v) is 11.9. The third-order valence-electron chi connectivity index (χ3n) is 2.92. The second-order valence-electron chi connectivity index (χ2n) is 4.26. The third kappa shape index (κ3) is 3.44. The standard InChI is InChI=1S/C15H13ClFNO3/c1-21-14-4-2-3-12(16)11(14)8-18-15(20)10-7-9(17)5-6-13(10)19/h2-7,19H,8H2,1H3,(H,18,20). The maximum absolute atomic E-state index is 13.1. The maximum atomic E-state index is 13.1. The highest BCUT2D eigenvalue weighted by Gasteiger charge is 2.14. The molecule has 0 saturated carbocycles. The Labute approximate surface area is 126 Å². The lowest BCUT2D eigenvalue weighted by atomic mass is 10.1. The summed E-state index contributed by atoms with van der Waals surface area (Å²) in [7, 11) is 1.50. The Morgan fingerprint density at radius 2 is 2.14 bits per heavy atom. The fourth-order valence-corrected chi connectivity index (χ4v) is 2.09. The second-order valence-corrected chi connectivity index (χ2v) is 4.67. The van der Waals surface area contributed by atoms with Crippen molar-refractivity contribution in [2.24, 2.45) is 0 Å². The molecule has 1 amide bonds. The van der Waals surface area contributed by atoms with Crippen molar-refractivity contribution in [1.29, 1.82) is 0 Å². The lowest BCUT2D eigenvalue weighted by molar-refractivity contribution is 0.0947. The molecule has 0 heterocycles. The molecular weight excluding hydrogens is 297 g/mol. The summed E-state index contributed by atoms with van der Waals surface area (Å²) in [4.78, 5) is 12.0. The quantitative estimate of drug-likeness (QED) is 0.912. The molecule has 0 aliphatic rings. The van der Waals surface area contributed by atoms with Gasteiger partial charge in [0.05, 0.1) is 12.7 Å². The van der Waals surface area contributed by atoms with Gasteiger partial charge in [0.15, 0.2) is 0 Å². The summed E-state index contributed by atoms with van der Waals surface area (Å²) < 4.78 is 18.3. The first-order valence-electron chi connectivity index (χ1n) is 6.11. The molecule has 0 unspecified atom stereocenters. The predicted octanol–water partition coefficient (Wildman–Crippen LogP) is 3.12. The molecule has 0 aliphatic heterocycles. The van der Waals surface area contributed by atoms with Gasteiger partial charge in [-0.1, -0.05) is 17.7 Å². The molecule has 4 nitrogen and oxygen atoms in total. The first-order valence-corrected chi connectivity index (χ1v) is 6.49. The molecule has 2 aromatic rings. The smallest absolute Gasteiger partial charge is 0.255 e. The monoisotopic (exact) mass is 309 g/mol. The van der Waals surface area contributed by atoms with Crippen molar-refractivity contribution in [1.82, 2.24) is 5.32 Å². The van der Waals surface area contributed by atoms with Crippen LogP contribution in [0.5, 0.6) is 11.5 Å². The van der Waals surface area contributed by atoms with E-state index in [1.807, 2.05) is 0 Å². The van der Waals surface area contributed by atoms with Crippen molar-refractivity contribution < 1.29 is 19.0 Å². The van der Waals surface area contributed by atoms with Gasteiger partial charge in [-0.2, -0.15) is 0 Å². The molecule has 0 saturated heterocycles. The van der Waals surface area contributed by atoms with Crippen molar-refractivity contribution in [3.63, 3.8) is 0 Å². The van der Waals surface area contributed by atoms with E-state index in [-0.39, 0.29) is 17.9 Å². The second kappa shape index (κ2) is 6.45. The van der Waals surface area contributed by atoms with E-state index in [1.54, 1.807) is 18.2 Å². The first-order chi connectivity index (χ1) is 10.0. The van der Waals surface area contributed by atoms with E-state index >= 15 is 0 Å². The zero-order chi connectivity index (χ0) is 15.4. The number of benzene rings is 2. The van der Waals surface area contributed by atoms with Crippen molar-refractivity contribution in [2.75, 3.05) is 7.11 Å². The van der Waals surface area contributed by atoms with Gasteiger partial charge in [0.25, 0.3) is 5.91 Å². The third-order valence-corrected chi connectivity index (χ3v) is 3.28. The Bertz CT molecular complexity index is 676. The number of halogens is 2. The molecule has 0 atom stereocenters. The number of hydrogen-bond acceptors (Lipinski definition) is 3. The number of nitrogens with one attached hydrogen (secondary N) is 1. The molecule has 2 aromatic carbocycles. The van der Waals surface area contributed by atoms with E-state index in [0.29, 0.717) is 16.3 Å². The van der Waals surface area contributed by atoms with E-state index in [9.17, 15) is 14.3 Å². The molecule has 6 heteroatoms. The van der Waals surface area contributed by atoms with Gasteiger partial charge in [-0.3, -0.25) is 4.79 Å². The summed E-state index contributed by atoms with van der Waals surface area (Å²) in [6.45, 7) is 0.0949. The molecule has 2 N–H and O–H groups in total. The molecule has 110 valence electrons. The Morgan fingerprint density at radius 1 is 1.38 bits per heavy atom. The maximum Gasteiger partial charge on any atom is 0.255 e. The van der Waals surface area contributed by atoms with E-state index < -0.39 is 11.7 Å². The number of phenols is 1. The van der Waals surface area contributed by atoms with Crippen molar-refractivity contribution in [3.05, 3.63) is 58.4 Å². The number of amides is 1. The van der Waals surface area contributed by atoms with Gasteiger partial charge in [-0.15, -0.1) is 0 Å². The Balaban J connectivity index is 2.17. The minimum atomic E-state index is -0.603. The lowest BCUT2D eigenvalue weighted by Gasteiger charge is -2.12. The van der Waals surface area contributed by atoms with Gasteiger partial charge in [-0.05, 0) is 30.3 Å². The van der Waals surface area contributed by atoms with E-state index in [1.165, 1.54) is 7.11 Å². The topological polar surface area (TPSA) is 58.6 Å². The molecule has 0 aliphatic carbocycles. The van der Waals surface area contributed by atoms with Crippen LogP contribution in [0, 0.1) is 5.82 Å². The van der Waals surface area contributed by atoms with Crippen LogP contribution >= 0.6 is 11.6 Å². The normalized spacial score (nSPS) is 10.2. The predicted molar refractivity (Wildman–Crippen MR) is 77.2 cm³/mol. The molecule has 2 rings (SSSR count). The Kier molecular flexibility index (Phi) is 4.65. The highest BCUT2D eigenvalue weighted by Crippen LogP contribution is 2.26. The summed E-state index contributed by atoms with van der Waals surface area (Å²) in [5.74, 6) is -0.964. The number of phenolic OH excluding ortho intramolecular Hbond substituents is 1. The Morgan fingerprint density at radius 3 is 2.86 bits per heavy atom. The average molecular weight is 310 g/mol. The molecule has 0 aromatic heterocycles. The lowest BCUT2D eigenvalue weighted by Crippen LogP contribution is -2.23.